The molecular formula is C19H24N2O3. The minimum atomic E-state index is -0.912. The second kappa shape index (κ2) is 9.70. The molecule has 2 aromatic carbocycles. The lowest BCUT2D eigenvalue weighted by atomic mass is 10.1. The van der Waals surface area contributed by atoms with Gasteiger partial charge in [-0.2, -0.15) is 0 Å². The Morgan fingerprint density at radius 3 is 2.46 bits per heavy atom. The third-order valence-corrected chi connectivity index (χ3v) is 3.63. The Balaban J connectivity index is 1.67. The molecule has 0 aliphatic carbocycles. The standard InChI is InChI=1S/C19H24N2O3/c20-18(14-22)19(23)21-16-9-11-17(12-10-16)24-13-5-4-8-15-6-2-1-3-7-15/h1-3,6-7,9-12,18,22H,4-5,8,13-14,20H2,(H,21,23). The number of hydrogen-bond donors (Lipinski definition) is 3. The number of anilines is 1. The average Bonchev–Trinajstić information content (AvgIpc) is 2.63. The van der Waals surface area contributed by atoms with Crippen LogP contribution in [0.15, 0.2) is 54.6 Å². The zero-order valence-corrected chi connectivity index (χ0v) is 13.7. The third kappa shape index (κ3) is 6.02. The van der Waals surface area contributed by atoms with E-state index in [9.17, 15) is 4.79 Å². The third-order valence-electron chi connectivity index (χ3n) is 3.63. The van der Waals surface area contributed by atoms with Crippen molar-refractivity contribution in [1.29, 1.82) is 0 Å². The number of benzene rings is 2. The Morgan fingerprint density at radius 1 is 1.08 bits per heavy atom. The predicted molar refractivity (Wildman–Crippen MR) is 95.0 cm³/mol. The molecule has 1 amide bonds. The Bertz CT molecular complexity index is 614. The monoisotopic (exact) mass is 328 g/mol. The van der Waals surface area contributed by atoms with Gasteiger partial charge < -0.3 is 20.9 Å². The zero-order chi connectivity index (χ0) is 17.2. The first-order chi connectivity index (χ1) is 11.7. The van der Waals surface area contributed by atoms with Crippen LogP contribution in [0, 0.1) is 0 Å². The van der Waals surface area contributed by atoms with Crippen LogP contribution in [0.3, 0.4) is 0 Å². The summed E-state index contributed by atoms with van der Waals surface area (Å²) in [6, 6.07) is 16.6. The van der Waals surface area contributed by atoms with Crippen LogP contribution in [0.1, 0.15) is 18.4 Å². The fraction of sp³-hybridized carbons (Fsp3) is 0.316. The Kier molecular flexibility index (Phi) is 7.26. The second-order valence-corrected chi connectivity index (χ2v) is 5.59. The normalized spacial score (nSPS) is 11.8. The van der Waals surface area contributed by atoms with Crippen molar-refractivity contribution >= 4 is 11.6 Å². The van der Waals surface area contributed by atoms with Gasteiger partial charge in [0.05, 0.1) is 13.2 Å². The molecule has 0 aromatic heterocycles. The number of aryl methyl sites for hydroxylation is 1. The molecule has 1 atom stereocenters. The fourth-order valence-electron chi connectivity index (χ4n) is 2.22. The molecule has 5 heteroatoms. The first kappa shape index (κ1) is 18.0. The highest BCUT2D eigenvalue weighted by Crippen LogP contribution is 2.16. The van der Waals surface area contributed by atoms with Crippen molar-refractivity contribution in [3.8, 4) is 5.75 Å². The summed E-state index contributed by atoms with van der Waals surface area (Å²) in [5, 5.41) is 11.5. The van der Waals surface area contributed by atoms with E-state index in [2.05, 4.69) is 29.6 Å². The van der Waals surface area contributed by atoms with E-state index in [4.69, 9.17) is 15.6 Å². The second-order valence-electron chi connectivity index (χ2n) is 5.59. The van der Waals surface area contributed by atoms with Gasteiger partial charge in [0.25, 0.3) is 0 Å². The molecular weight excluding hydrogens is 304 g/mol. The lowest BCUT2D eigenvalue weighted by Crippen LogP contribution is -2.38. The van der Waals surface area contributed by atoms with Crippen LogP contribution in [0.4, 0.5) is 5.69 Å². The summed E-state index contributed by atoms with van der Waals surface area (Å²) in [5.74, 6) is 0.353. The molecule has 24 heavy (non-hydrogen) atoms. The lowest BCUT2D eigenvalue weighted by Gasteiger charge is -2.10. The quantitative estimate of drug-likeness (QED) is 0.617. The van der Waals surface area contributed by atoms with Crippen LogP contribution in [-0.2, 0) is 11.2 Å². The summed E-state index contributed by atoms with van der Waals surface area (Å²) in [7, 11) is 0. The van der Waals surface area contributed by atoms with Gasteiger partial charge in [0.1, 0.15) is 11.8 Å². The lowest BCUT2D eigenvalue weighted by molar-refractivity contribution is -0.118. The van der Waals surface area contributed by atoms with Gasteiger partial charge in [0, 0.05) is 5.69 Å². The van der Waals surface area contributed by atoms with Crippen LogP contribution < -0.4 is 15.8 Å². The van der Waals surface area contributed by atoms with Crippen LogP contribution in [0.25, 0.3) is 0 Å². The fourth-order valence-corrected chi connectivity index (χ4v) is 2.22. The minimum absolute atomic E-state index is 0.379. The van der Waals surface area contributed by atoms with Crippen molar-refractivity contribution in [2.24, 2.45) is 5.73 Å². The highest BCUT2D eigenvalue weighted by atomic mass is 16.5. The van der Waals surface area contributed by atoms with Gasteiger partial charge in [0.2, 0.25) is 5.91 Å². The average molecular weight is 328 g/mol. The van der Waals surface area contributed by atoms with E-state index in [0.717, 1.165) is 25.0 Å². The molecule has 0 saturated carbocycles. The molecule has 4 N–H and O–H groups in total. The van der Waals surface area contributed by atoms with E-state index < -0.39 is 11.9 Å². The molecule has 1 unspecified atom stereocenters. The van der Waals surface area contributed by atoms with Gasteiger partial charge in [-0.3, -0.25) is 4.79 Å². The number of ether oxygens (including phenoxy) is 1. The van der Waals surface area contributed by atoms with E-state index in [1.807, 2.05) is 6.07 Å². The van der Waals surface area contributed by atoms with Gasteiger partial charge >= 0.3 is 0 Å². The molecule has 5 nitrogen and oxygen atoms in total. The van der Waals surface area contributed by atoms with Gasteiger partial charge in [0.15, 0.2) is 0 Å². The Morgan fingerprint density at radius 2 is 1.79 bits per heavy atom. The summed E-state index contributed by atoms with van der Waals surface area (Å²) in [6.45, 7) is 0.282. The summed E-state index contributed by atoms with van der Waals surface area (Å²) >= 11 is 0. The van der Waals surface area contributed by atoms with Crippen molar-refractivity contribution in [3.05, 3.63) is 60.2 Å². The number of carbonyl (C=O) groups is 1. The molecule has 2 aromatic rings. The van der Waals surface area contributed by atoms with Gasteiger partial charge in [-0.05, 0) is 49.1 Å². The highest BCUT2D eigenvalue weighted by Gasteiger charge is 2.11. The van der Waals surface area contributed by atoms with E-state index in [1.54, 1.807) is 24.3 Å². The number of aliphatic hydroxyl groups excluding tert-OH is 1. The zero-order valence-electron chi connectivity index (χ0n) is 13.7. The topological polar surface area (TPSA) is 84.6 Å². The summed E-state index contributed by atoms with van der Waals surface area (Å²) in [5.41, 5.74) is 7.42. The number of hydrogen-bond acceptors (Lipinski definition) is 4. The molecule has 0 aliphatic heterocycles. The molecule has 128 valence electrons. The predicted octanol–water partition coefficient (Wildman–Crippen LogP) is 2.35. The number of carbonyl (C=O) groups excluding carboxylic acids is 1. The Labute approximate surface area is 142 Å². The van der Waals surface area contributed by atoms with E-state index >= 15 is 0 Å². The number of nitrogens with one attached hydrogen (secondary N) is 1. The van der Waals surface area contributed by atoms with Crippen molar-refractivity contribution in [2.45, 2.75) is 25.3 Å². The van der Waals surface area contributed by atoms with E-state index in [-0.39, 0.29) is 6.61 Å². The maximum absolute atomic E-state index is 11.6. The molecule has 0 heterocycles. The SMILES string of the molecule is NC(CO)C(=O)Nc1ccc(OCCCCc2ccccc2)cc1. The summed E-state index contributed by atoms with van der Waals surface area (Å²) in [4.78, 5) is 11.6. The number of nitrogens with two attached hydrogens (primary N) is 1. The first-order valence-electron chi connectivity index (χ1n) is 8.13. The van der Waals surface area contributed by atoms with Crippen molar-refractivity contribution in [3.63, 3.8) is 0 Å². The van der Waals surface area contributed by atoms with Crippen molar-refractivity contribution < 1.29 is 14.6 Å². The molecule has 2 rings (SSSR count). The van der Waals surface area contributed by atoms with Crippen LogP contribution >= 0.6 is 0 Å². The minimum Gasteiger partial charge on any atom is -0.494 e. The van der Waals surface area contributed by atoms with Crippen molar-refractivity contribution in [1.82, 2.24) is 0 Å². The van der Waals surface area contributed by atoms with Crippen LogP contribution in [0.5, 0.6) is 5.75 Å². The Hall–Kier alpha value is -2.37. The number of rotatable bonds is 9. The van der Waals surface area contributed by atoms with E-state index in [1.165, 1.54) is 5.56 Å². The molecule has 0 aliphatic rings. The number of unbranched alkanes of at least 4 members (excludes halogenated alkanes) is 1. The van der Waals surface area contributed by atoms with Gasteiger partial charge in [-0.15, -0.1) is 0 Å². The maximum atomic E-state index is 11.6. The smallest absolute Gasteiger partial charge is 0.243 e. The van der Waals surface area contributed by atoms with Crippen LogP contribution in [-0.4, -0.2) is 30.3 Å². The van der Waals surface area contributed by atoms with Gasteiger partial charge in [-0.25, -0.2) is 0 Å². The first-order valence-corrected chi connectivity index (χ1v) is 8.13. The number of amides is 1. The molecule has 0 radical (unpaired) electrons. The largest absolute Gasteiger partial charge is 0.494 e. The highest BCUT2D eigenvalue weighted by molar-refractivity contribution is 5.94. The van der Waals surface area contributed by atoms with E-state index in [0.29, 0.717) is 12.3 Å². The molecule has 0 fully saturated rings. The van der Waals surface area contributed by atoms with Gasteiger partial charge in [-0.1, -0.05) is 30.3 Å². The maximum Gasteiger partial charge on any atom is 0.243 e. The van der Waals surface area contributed by atoms with Crippen LogP contribution in [0.2, 0.25) is 0 Å². The summed E-state index contributed by atoms with van der Waals surface area (Å²) < 4.78 is 5.70. The molecule has 0 spiro atoms. The van der Waals surface area contributed by atoms with Crippen molar-refractivity contribution in [2.75, 3.05) is 18.5 Å². The summed E-state index contributed by atoms with van der Waals surface area (Å²) in [6.07, 6.45) is 3.12. The number of aliphatic hydroxyl groups is 1. The molecule has 0 bridgehead atoms. The molecule has 0 saturated heterocycles.